The number of nitrogens with two attached hydrogens (primary N) is 2. The molecule has 2 rings (SSSR count). The lowest BCUT2D eigenvalue weighted by Gasteiger charge is -2.39. The quantitative estimate of drug-likeness (QED) is 0.827. The molecular weight excluding hydrogens is 250 g/mol. The molecule has 1 aromatic rings. The largest absolute Gasteiger partial charge is 0.382 e. The fourth-order valence-corrected chi connectivity index (χ4v) is 3.24. The summed E-state index contributed by atoms with van der Waals surface area (Å²) >= 11 is 1.25. The average molecular weight is 269 g/mol. The molecule has 1 fully saturated rings. The van der Waals surface area contributed by atoms with Crippen molar-refractivity contribution in [2.75, 3.05) is 36.8 Å². The van der Waals surface area contributed by atoms with Gasteiger partial charge in [0.25, 0.3) is 5.91 Å². The Morgan fingerprint density at radius 2 is 2.28 bits per heavy atom. The van der Waals surface area contributed by atoms with Crippen molar-refractivity contribution in [3.63, 3.8) is 0 Å². The Hall–Kier alpha value is -1.34. The summed E-state index contributed by atoms with van der Waals surface area (Å²) in [6.07, 6.45) is 0. The summed E-state index contributed by atoms with van der Waals surface area (Å²) in [5.41, 5.74) is 11.4. The number of aromatic nitrogens is 1. The van der Waals surface area contributed by atoms with E-state index in [2.05, 4.69) is 28.0 Å². The first-order valence-corrected chi connectivity index (χ1v) is 6.85. The predicted molar refractivity (Wildman–Crippen MR) is 74.0 cm³/mol. The van der Waals surface area contributed by atoms with Crippen LogP contribution in [0.15, 0.2) is 0 Å². The van der Waals surface area contributed by atoms with Gasteiger partial charge in [0, 0.05) is 25.7 Å². The third kappa shape index (κ3) is 2.28. The van der Waals surface area contributed by atoms with Gasteiger partial charge in [0.1, 0.15) is 10.6 Å². The highest BCUT2D eigenvalue weighted by Crippen LogP contribution is 2.31. The number of primary amides is 1. The van der Waals surface area contributed by atoms with Crippen LogP contribution in [0.2, 0.25) is 0 Å². The van der Waals surface area contributed by atoms with Gasteiger partial charge in [-0.3, -0.25) is 9.69 Å². The third-order valence-electron chi connectivity index (χ3n) is 3.41. The Morgan fingerprint density at radius 1 is 1.56 bits per heavy atom. The molecular formula is C11H19N5OS. The van der Waals surface area contributed by atoms with Crippen LogP contribution >= 0.6 is 11.5 Å². The van der Waals surface area contributed by atoms with E-state index in [0.717, 1.165) is 31.2 Å². The Balaban J connectivity index is 2.21. The minimum atomic E-state index is -0.498. The molecule has 2 heterocycles. The maximum Gasteiger partial charge on any atom is 0.255 e. The van der Waals surface area contributed by atoms with Gasteiger partial charge < -0.3 is 16.4 Å². The van der Waals surface area contributed by atoms with E-state index >= 15 is 0 Å². The summed E-state index contributed by atoms with van der Waals surface area (Å²) in [7, 11) is 0. The van der Waals surface area contributed by atoms with Crippen molar-refractivity contribution in [1.82, 2.24) is 9.27 Å². The molecule has 0 aliphatic carbocycles. The van der Waals surface area contributed by atoms with E-state index in [-0.39, 0.29) is 5.82 Å². The van der Waals surface area contributed by atoms with E-state index in [1.807, 2.05) is 0 Å². The minimum Gasteiger partial charge on any atom is -0.382 e. The lowest BCUT2D eigenvalue weighted by Crippen LogP contribution is -2.51. The van der Waals surface area contributed by atoms with Crippen molar-refractivity contribution in [3.8, 4) is 0 Å². The Bertz CT molecular complexity index is 447. The van der Waals surface area contributed by atoms with E-state index in [9.17, 15) is 4.79 Å². The zero-order chi connectivity index (χ0) is 13.3. The lowest BCUT2D eigenvalue weighted by atomic mass is 10.2. The number of hydrogen-bond acceptors (Lipinski definition) is 6. The molecule has 0 spiro atoms. The van der Waals surface area contributed by atoms with Gasteiger partial charge in [-0.25, -0.2) is 0 Å². The Labute approximate surface area is 111 Å². The number of likely N-dealkylation sites (N-methyl/N-ethyl adjacent to an activating group) is 1. The molecule has 4 N–H and O–H groups in total. The van der Waals surface area contributed by atoms with Crippen LogP contribution in [0.1, 0.15) is 24.2 Å². The fourth-order valence-electron chi connectivity index (χ4n) is 2.39. The Kier molecular flexibility index (Phi) is 3.72. The standard InChI is InChI=1S/C11H19N5OS/c1-3-15-4-5-16(6-7(15)2)11-8(10(13)17)9(12)14-18-11/h7H,3-6H2,1-2H3,(H2,12,14)(H2,13,17). The van der Waals surface area contributed by atoms with Crippen molar-refractivity contribution >= 4 is 28.3 Å². The number of carbonyl (C=O) groups is 1. The number of carbonyl (C=O) groups excluding carboxylic acids is 1. The molecule has 1 atom stereocenters. The van der Waals surface area contributed by atoms with E-state index in [1.165, 1.54) is 11.5 Å². The summed E-state index contributed by atoms with van der Waals surface area (Å²) in [6, 6.07) is 0.452. The highest BCUT2D eigenvalue weighted by atomic mass is 32.1. The molecule has 6 nitrogen and oxygen atoms in total. The van der Waals surface area contributed by atoms with Crippen LogP contribution in [0.5, 0.6) is 0 Å². The van der Waals surface area contributed by atoms with Crippen molar-refractivity contribution in [2.45, 2.75) is 19.9 Å². The van der Waals surface area contributed by atoms with Crippen LogP contribution in [0.25, 0.3) is 0 Å². The zero-order valence-electron chi connectivity index (χ0n) is 10.7. The molecule has 1 unspecified atom stereocenters. The van der Waals surface area contributed by atoms with E-state index in [4.69, 9.17) is 11.5 Å². The molecule has 1 saturated heterocycles. The summed E-state index contributed by atoms with van der Waals surface area (Å²) in [5, 5.41) is 0.808. The van der Waals surface area contributed by atoms with Crippen molar-refractivity contribution < 1.29 is 4.79 Å². The lowest BCUT2D eigenvalue weighted by molar-refractivity contribution is 0.100. The minimum absolute atomic E-state index is 0.244. The van der Waals surface area contributed by atoms with Gasteiger partial charge in [0.15, 0.2) is 5.82 Å². The monoisotopic (exact) mass is 269 g/mol. The van der Waals surface area contributed by atoms with E-state index in [1.54, 1.807) is 0 Å². The van der Waals surface area contributed by atoms with Crippen LogP contribution < -0.4 is 16.4 Å². The number of nitrogens with zero attached hydrogens (tertiary/aromatic N) is 3. The predicted octanol–water partition coefficient (Wildman–Crippen LogP) is 0.355. The zero-order valence-corrected chi connectivity index (χ0v) is 11.5. The average Bonchev–Trinajstić information content (AvgIpc) is 2.71. The second-order valence-corrected chi connectivity index (χ2v) is 5.29. The highest BCUT2D eigenvalue weighted by molar-refractivity contribution is 7.11. The molecule has 100 valence electrons. The third-order valence-corrected chi connectivity index (χ3v) is 4.33. The summed E-state index contributed by atoms with van der Waals surface area (Å²) < 4.78 is 4.04. The van der Waals surface area contributed by atoms with Crippen molar-refractivity contribution in [3.05, 3.63) is 5.56 Å². The maximum atomic E-state index is 11.4. The van der Waals surface area contributed by atoms with Crippen LogP contribution in [-0.2, 0) is 0 Å². The molecule has 18 heavy (non-hydrogen) atoms. The molecule has 0 radical (unpaired) electrons. The normalized spacial score (nSPS) is 21.2. The van der Waals surface area contributed by atoms with Crippen LogP contribution in [0.4, 0.5) is 10.8 Å². The van der Waals surface area contributed by atoms with Gasteiger partial charge in [0.05, 0.1) is 0 Å². The van der Waals surface area contributed by atoms with Crippen LogP contribution in [0.3, 0.4) is 0 Å². The number of rotatable bonds is 3. The second kappa shape index (κ2) is 5.11. The number of piperazine rings is 1. The maximum absolute atomic E-state index is 11.4. The number of hydrogen-bond donors (Lipinski definition) is 2. The SMILES string of the molecule is CCN1CCN(c2snc(N)c2C(N)=O)CC1C. The van der Waals surface area contributed by atoms with Gasteiger partial charge in [-0.05, 0) is 25.0 Å². The van der Waals surface area contributed by atoms with Crippen LogP contribution in [0, 0.1) is 0 Å². The van der Waals surface area contributed by atoms with Gasteiger partial charge in [-0.2, -0.15) is 4.37 Å². The first kappa shape index (κ1) is 13.1. The van der Waals surface area contributed by atoms with Gasteiger partial charge in [0.2, 0.25) is 0 Å². The number of nitrogen functional groups attached to an aromatic ring is 1. The van der Waals surface area contributed by atoms with Crippen LogP contribution in [-0.4, -0.2) is 47.4 Å². The van der Waals surface area contributed by atoms with Gasteiger partial charge in [-0.1, -0.05) is 6.92 Å². The van der Waals surface area contributed by atoms with Gasteiger partial charge >= 0.3 is 0 Å². The number of anilines is 2. The van der Waals surface area contributed by atoms with Gasteiger partial charge in [-0.15, -0.1) is 0 Å². The molecule has 0 aromatic carbocycles. The Morgan fingerprint density at radius 3 is 2.83 bits per heavy atom. The van der Waals surface area contributed by atoms with Crippen molar-refractivity contribution in [2.24, 2.45) is 5.73 Å². The molecule has 1 aromatic heterocycles. The molecule has 1 aliphatic heterocycles. The first-order chi connectivity index (χ1) is 8.54. The number of amides is 1. The molecule has 1 amide bonds. The highest BCUT2D eigenvalue weighted by Gasteiger charge is 2.27. The summed E-state index contributed by atoms with van der Waals surface area (Å²) in [6.45, 7) is 8.11. The second-order valence-electron chi connectivity index (χ2n) is 4.54. The molecule has 0 saturated carbocycles. The topological polar surface area (TPSA) is 88.5 Å². The smallest absolute Gasteiger partial charge is 0.255 e. The fraction of sp³-hybridized carbons (Fsp3) is 0.636. The van der Waals surface area contributed by atoms with Crippen molar-refractivity contribution in [1.29, 1.82) is 0 Å². The van der Waals surface area contributed by atoms with E-state index < -0.39 is 5.91 Å². The van der Waals surface area contributed by atoms with E-state index in [0.29, 0.717) is 11.6 Å². The first-order valence-electron chi connectivity index (χ1n) is 6.08. The summed E-state index contributed by atoms with van der Waals surface area (Å²) in [5.74, 6) is -0.255. The summed E-state index contributed by atoms with van der Waals surface area (Å²) in [4.78, 5) is 16.0. The molecule has 1 aliphatic rings. The molecule has 7 heteroatoms. The molecule has 0 bridgehead atoms.